The monoisotopic (exact) mass is 327 g/mol. The number of thiophene rings is 1. The predicted octanol–water partition coefficient (Wildman–Crippen LogP) is 3.74. The van der Waals surface area contributed by atoms with Crippen molar-refractivity contribution in [2.24, 2.45) is 0 Å². The lowest BCUT2D eigenvalue weighted by Crippen LogP contribution is -2.18. The molecule has 0 fully saturated rings. The molecule has 0 amide bonds. The fourth-order valence-corrected chi connectivity index (χ4v) is 3.51. The second kappa shape index (κ2) is 7.02. The van der Waals surface area contributed by atoms with E-state index in [0.29, 0.717) is 11.5 Å². The van der Waals surface area contributed by atoms with Crippen LogP contribution in [0, 0.1) is 0 Å². The summed E-state index contributed by atoms with van der Waals surface area (Å²) in [5.41, 5.74) is 0.946. The van der Waals surface area contributed by atoms with E-state index in [4.69, 9.17) is 25.8 Å². The van der Waals surface area contributed by atoms with E-state index in [1.165, 1.54) is 0 Å². The van der Waals surface area contributed by atoms with Gasteiger partial charge in [-0.15, -0.1) is 11.3 Å². The first kappa shape index (κ1) is 15.9. The molecule has 1 aromatic heterocycles. The van der Waals surface area contributed by atoms with Gasteiger partial charge in [-0.1, -0.05) is 11.6 Å². The van der Waals surface area contributed by atoms with Gasteiger partial charge in [0.15, 0.2) is 11.5 Å². The minimum absolute atomic E-state index is 0.0766. The third kappa shape index (κ3) is 3.10. The third-order valence-corrected chi connectivity index (χ3v) is 4.67. The standard InChI is InChI=1S/C15H18ClNO3S/c1-17-14(15-10(16)5-6-21-15)9-7-12(19-3)13(20-4)8-11(9)18-2/h5-8,14,17H,1-4H3. The molecule has 0 bridgehead atoms. The van der Waals surface area contributed by atoms with Crippen LogP contribution in [0.1, 0.15) is 16.5 Å². The van der Waals surface area contributed by atoms with Crippen LogP contribution in [-0.4, -0.2) is 28.4 Å². The SMILES string of the molecule is CNC(c1cc(OC)c(OC)cc1OC)c1sccc1Cl. The van der Waals surface area contributed by atoms with Gasteiger partial charge >= 0.3 is 0 Å². The van der Waals surface area contributed by atoms with Gasteiger partial charge in [-0.3, -0.25) is 0 Å². The summed E-state index contributed by atoms with van der Waals surface area (Å²) in [4.78, 5) is 1.03. The van der Waals surface area contributed by atoms with Crippen molar-refractivity contribution < 1.29 is 14.2 Å². The summed E-state index contributed by atoms with van der Waals surface area (Å²) in [6.07, 6.45) is 0. The quantitative estimate of drug-likeness (QED) is 0.877. The normalized spacial score (nSPS) is 12.0. The van der Waals surface area contributed by atoms with E-state index in [0.717, 1.165) is 21.2 Å². The number of rotatable bonds is 6. The molecule has 0 aliphatic heterocycles. The number of halogens is 1. The average Bonchev–Trinajstić information content (AvgIpc) is 2.93. The van der Waals surface area contributed by atoms with Crippen LogP contribution in [0.3, 0.4) is 0 Å². The van der Waals surface area contributed by atoms with Crippen molar-refractivity contribution in [3.05, 3.63) is 39.0 Å². The summed E-state index contributed by atoms with van der Waals surface area (Å²) in [5.74, 6) is 2.00. The molecule has 0 aliphatic carbocycles. The van der Waals surface area contributed by atoms with E-state index in [1.807, 2.05) is 30.6 Å². The van der Waals surface area contributed by atoms with E-state index in [1.54, 1.807) is 32.7 Å². The second-order valence-corrected chi connectivity index (χ2v) is 5.66. The average molecular weight is 328 g/mol. The second-order valence-electron chi connectivity index (χ2n) is 4.30. The van der Waals surface area contributed by atoms with Crippen molar-refractivity contribution in [1.82, 2.24) is 5.32 Å². The van der Waals surface area contributed by atoms with Gasteiger partial charge in [-0.2, -0.15) is 0 Å². The van der Waals surface area contributed by atoms with Crippen molar-refractivity contribution >= 4 is 22.9 Å². The Bertz CT molecular complexity index is 615. The maximum atomic E-state index is 6.26. The Morgan fingerprint density at radius 1 is 1.05 bits per heavy atom. The Balaban J connectivity index is 2.57. The summed E-state index contributed by atoms with van der Waals surface area (Å²) in [7, 11) is 6.73. The van der Waals surface area contributed by atoms with Crippen molar-refractivity contribution in [2.75, 3.05) is 28.4 Å². The summed E-state index contributed by atoms with van der Waals surface area (Å²) in [6.45, 7) is 0. The van der Waals surface area contributed by atoms with E-state index in [2.05, 4.69) is 5.32 Å². The van der Waals surface area contributed by atoms with Crippen LogP contribution in [0.25, 0.3) is 0 Å². The molecular formula is C15H18ClNO3S. The molecule has 1 heterocycles. The molecule has 114 valence electrons. The largest absolute Gasteiger partial charge is 0.496 e. The van der Waals surface area contributed by atoms with Gasteiger partial charge in [0.25, 0.3) is 0 Å². The fourth-order valence-electron chi connectivity index (χ4n) is 2.22. The number of nitrogens with one attached hydrogen (secondary N) is 1. The molecule has 1 aromatic carbocycles. The van der Waals surface area contributed by atoms with Crippen molar-refractivity contribution in [3.8, 4) is 17.2 Å². The smallest absolute Gasteiger partial charge is 0.164 e. The van der Waals surface area contributed by atoms with Gasteiger partial charge in [0.2, 0.25) is 0 Å². The van der Waals surface area contributed by atoms with Gasteiger partial charge in [-0.05, 0) is 24.6 Å². The molecule has 6 heteroatoms. The molecule has 0 saturated carbocycles. The Hall–Kier alpha value is -1.43. The molecule has 1 atom stereocenters. The van der Waals surface area contributed by atoms with Crippen molar-refractivity contribution in [1.29, 1.82) is 0 Å². The van der Waals surface area contributed by atoms with E-state index in [-0.39, 0.29) is 6.04 Å². The van der Waals surface area contributed by atoms with Gasteiger partial charge in [0.05, 0.1) is 32.4 Å². The van der Waals surface area contributed by atoms with Gasteiger partial charge < -0.3 is 19.5 Å². The minimum Gasteiger partial charge on any atom is -0.496 e. The highest BCUT2D eigenvalue weighted by Gasteiger charge is 2.23. The summed E-state index contributed by atoms with van der Waals surface area (Å²) < 4.78 is 16.2. The molecule has 4 nitrogen and oxygen atoms in total. The summed E-state index contributed by atoms with van der Waals surface area (Å²) in [6, 6.07) is 5.54. The molecule has 21 heavy (non-hydrogen) atoms. The fraction of sp³-hybridized carbons (Fsp3) is 0.333. The molecule has 0 spiro atoms. The number of hydrogen-bond donors (Lipinski definition) is 1. The number of ether oxygens (including phenoxy) is 3. The van der Waals surface area contributed by atoms with Crippen LogP contribution in [0.2, 0.25) is 5.02 Å². The van der Waals surface area contributed by atoms with Crippen LogP contribution < -0.4 is 19.5 Å². The lowest BCUT2D eigenvalue weighted by atomic mass is 10.0. The van der Waals surface area contributed by atoms with Crippen LogP contribution in [0.5, 0.6) is 17.2 Å². The van der Waals surface area contributed by atoms with E-state index in [9.17, 15) is 0 Å². The minimum atomic E-state index is -0.0766. The van der Waals surface area contributed by atoms with Gasteiger partial charge in [0, 0.05) is 16.5 Å². The molecule has 1 unspecified atom stereocenters. The zero-order valence-electron chi connectivity index (χ0n) is 12.4. The van der Waals surface area contributed by atoms with Crippen LogP contribution in [0.15, 0.2) is 23.6 Å². The predicted molar refractivity (Wildman–Crippen MR) is 86.3 cm³/mol. The molecular weight excluding hydrogens is 310 g/mol. The van der Waals surface area contributed by atoms with Crippen molar-refractivity contribution in [3.63, 3.8) is 0 Å². The molecule has 0 saturated heterocycles. The lowest BCUT2D eigenvalue weighted by Gasteiger charge is -2.21. The molecule has 0 aliphatic rings. The van der Waals surface area contributed by atoms with Crippen LogP contribution >= 0.6 is 22.9 Å². The van der Waals surface area contributed by atoms with E-state index < -0.39 is 0 Å². The summed E-state index contributed by atoms with van der Waals surface area (Å²) >= 11 is 7.86. The van der Waals surface area contributed by atoms with Gasteiger partial charge in [0.1, 0.15) is 5.75 Å². The highest BCUT2D eigenvalue weighted by Crippen LogP contribution is 2.41. The van der Waals surface area contributed by atoms with Gasteiger partial charge in [-0.25, -0.2) is 0 Å². The summed E-state index contributed by atoms with van der Waals surface area (Å²) in [5, 5.41) is 5.97. The number of benzene rings is 1. The van der Waals surface area contributed by atoms with Crippen molar-refractivity contribution in [2.45, 2.75) is 6.04 Å². The van der Waals surface area contributed by atoms with E-state index >= 15 is 0 Å². The number of methoxy groups -OCH3 is 3. The Labute approximate surface area is 133 Å². The maximum absolute atomic E-state index is 6.26. The topological polar surface area (TPSA) is 39.7 Å². The first-order chi connectivity index (χ1) is 10.2. The Morgan fingerprint density at radius 2 is 1.67 bits per heavy atom. The molecule has 2 aromatic rings. The third-order valence-electron chi connectivity index (χ3n) is 3.24. The Kier molecular flexibility index (Phi) is 5.33. The van der Waals surface area contributed by atoms with Crippen LogP contribution in [-0.2, 0) is 0 Å². The molecule has 2 rings (SSSR count). The zero-order chi connectivity index (χ0) is 15.4. The maximum Gasteiger partial charge on any atom is 0.164 e. The Morgan fingerprint density at radius 3 is 2.14 bits per heavy atom. The lowest BCUT2D eigenvalue weighted by molar-refractivity contribution is 0.346. The van der Waals surface area contributed by atoms with Crippen LogP contribution in [0.4, 0.5) is 0 Å². The molecule has 0 radical (unpaired) electrons. The zero-order valence-corrected chi connectivity index (χ0v) is 14.0. The highest BCUT2D eigenvalue weighted by molar-refractivity contribution is 7.10. The number of hydrogen-bond acceptors (Lipinski definition) is 5. The molecule has 1 N–H and O–H groups in total. The first-order valence-corrected chi connectivity index (χ1v) is 7.62. The highest BCUT2D eigenvalue weighted by atomic mass is 35.5. The first-order valence-electron chi connectivity index (χ1n) is 6.36.